The Morgan fingerprint density at radius 3 is 2.40 bits per heavy atom. The maximum Gasteiger partial charge on any atom is 0.124 e. The van der Waals surface area contributed by atoms with E-state index in [0.29, 0.717) is 17.5 Å². The molecule has 0 spiro atoms. The molecule has 2 N–H and O–H groups in total. The van der Waals surface area contributed by atoms with E-state index in [4.69, 9.17) is 17.3 Å². The SMILES string of the molecule is Cc1ccc(CC(CN)Cc2ccc(F)cc2Cl)cc1. The van der Waals surface area contributed by atoms with Gasteiger partial charge >= 0.3 is 0 Å². The fourth-order valence-corrected chi connectivity index (χ4v) is 2.54. The topological polar surface area (TPSA) is 26.0 Å². The first kappa shape index (κ1) is 15.0. The van der Waals surface area contributed by atoms with Gasteiger partial charge in [-0.1, -0.05) is 47.5 Å². The first-order valence-corrected chi connectivity index (χ1v) is 7.16. The number of nitrogens with two attached hydrogens (primary N) is 1. The molecule has 20 heavy (non-hydrogen) atoms. The van der Waals surface area contributed by atoms with Crippen molar-refractivity contribution in [1.29, 1.82) is 0 Å². The number of halogens is 2. The molecule has 106 valence electrons. The summed E-state index contributed by atoms with van der Waals surface area (Å²) in [5, 5.41) is 0.479. The normalized spacial score (nSPS) is 12.4. The van der Waals surface area contributed by atoms with Crippen molar-refractivity contribution in [3.8, 4) is 0 Å². The highest BCUT2D eigenvalue weighted by Gasteiger charge is 2.12. The second kappa shape index (κ2) is 6.87. The molecular formula is C17H19ClFN. The fraction of sp³-hybridized carbons (Fsp3) is 0.294. The minimum absolute atomic E-state index is 0.304. The molecule has 0 saturated carbocycles. The maximum atomic E-state index is 13.0. The van der Waals surface area contributed by atoms with Crippen LogP contribution >= 0.6 is 11.6 Å². The van der Waals surface area contributed by atoms with E-state index in [2.05, 4.69) is 31.2 Å². The zero-order valence-corrected chi connectivity index (χ0v) is 12.3. The third-order valence-electron chi connectivity index (χ3n) is 3.50. The van der Waals surface area contributed by atoms with Crippen molar-refractivity contribution in [2.45, 2.75) is 19.8 Å². The molecule has 0 aliphatic heterocycles. The summed E-state index contributed by atoms with van der Waals surface area (Å²) in [5.41, 5.74) is 9.33. The van der Waals surface area contributed by atoms with Gasteiger partial charge in [0, 0.05) is 5.02 Å². The molecule has 2 aromatic carbocycles. The van der Waals surface area contributed by atoms with Crippen molar-refractivity contribution >= 4 is 11.6 Å². The van der Waals surface area contributed by atoms with Crippen LogP contribution in [0.4, 0.5) is 4.39 Å². The van der Waals surface area contributed by atoms with Crippen molar-refractivity contribution in [3.05, 3.63) is 70.0 Å². The van der Waals surface area contributed by atoms with Gasteiger partial charge in [-0.15, -0.1) is 0 Å². The monoisotopic (exact) mass is 291 g/mol. The summed E-state index contributed by atoms with van der Waals surface area (Å²) in [6.07, 6.45) is 1.67. The van der Waals surface area contributed by atoms with Gasteiger partial charge < -0.3 is 5.73 Å². The van der Waals surface area contributed by atoms with Crippen LogP contribution in [0.2, 0.25) is 5.02 Å². The van der Waals surface area contributed by atoms with E-state index in [9.17, 15) is 4.39 Å². The number of hydrogen-bond donors (Lipinski definition) is 1. The van der Waals surface area contributed by atoms with Gasteiger partial charge in [0.25, 0.3) is 0 Å². The Kier molecular flexibility index (Phi) is 5.16. The molecule has 0 heterocycles. The molecule has 1 nitrogen and oxygen atoms in total. The second-order valence-electron chi connectivity index (χ2n) is 5.23. The highest BCUT2D eigenvalue weighted by atomic mass is 35.5. The van der Waals surface area contributed by atoms with Crippen molar-refractivity contribution in [2.75, 3.05) is 6.54 Å². The largest absolute Gasteiger partial charge is 0.330 e. The van der Waals surface area contributed by atoms with Gasteiger partial charge in [0.1, 0.15) is 5.82 Å². The Balaban J connectivity index is 2.07. The molecule has 0 fully saturated rings. The molecule has 1 unspecified atom stereocenters. The summed E-state index contributed by atoms with van der Waals surface area (Å²) in [6.45, 7) is 2.66. The summed E-state index contributed by atoms with van der Waals surface area (Å²) in [4.78, 5) is 0. The average molecular weight is 292 g/mol. The highest BCUT2D eigenvalue weighted by Crippen LogP contribution is 2.22. The van der Waals surface area contributed by atoms with Crippen LogP contribution in [0, 0.1) is 18.7 Å². The molecule has 0 radical (unpaired) electrons. The molecule has 2 aromatic rings. The Bertz CT molecular complexity index is 566. The Morgan fingerprint density at radius 1 is 1.10 bits per heavy atom. The number of benzene rings is 2. The molecular weight excluding hydrogens is 273 g/mol. The summed E-state index contributed by atoms with van der Waals surface area (Å²) in [6, 6.07) is 13.0. The molecule has 1 atom stereocenters. The molecule has 2 rings (SSSR count). The van der Waals surface area contributed by atoms with Gasteiger partial charge in [-0.25, -0.2) is 4.39 Å². The molecule has 3 heteroatoms. The van der Waals surface area contributed by atoms with E-state index in [0.717, 1.165) is 18.4 Å². The van der Waals surface area contributed by atoms with Gasteiger partial charge in [-0.3, -0.25) is 0 Å². The Hall–Kier alpha value is -1.38. The van der Waals surface area contributed by atoms with Gasteiger partial charge in [0.05, 0.1) is 0 Å². The maximum absolute atomic E-state index is 13.0. The van der Waals surface area contributed by atoms with Crippen LogP contribution in [0.3, 0.4) is 0 Å². The number of rotatable bonds is 5. The lowest BCUT2D eigenvalue weighted by atomic mass is 9.92. The van der Waals surface area contributed by atoms with Crippen molar-refractivity contribution in [3.63, 3.8) is 0 Å². The molecule has 0 saturated heterocycles. The van der Waals surface area contributed by atoms with Crippen LogP contribution in [-0.4, -0.2) is 6.54 Å². The third kappa shape index (κ3) is 4.06. The fourth-order valence-electron chi connectivity index (χ4n) is 2.29. The van der Waals surface area contributed by atoms with Crippen molar-refractivity contribution in [1.82, 2.24) is 0 Å². The van der Waals surface area contributed by atoms with Crippen LogP contribution in [0.15, 0.2) is 42.5 Å². The number of aryl methyl sites for hydroxylation is 1. The predicted molar refractivity (Wildman–Crippen MR) is 82.5 cm³/mol. The summed E-state index contributed by atoms with van der Waals surface area (Å²) in [7, 11) is 0. The minimum Gasteiger partial charge on any atom is -0.330 e. The lowest BCUT2D eigenvalue weighted by molar-refractivity contribution is 0.532. The van der Waals surface area contributed by atoms with Crippen molar-refractivity contribution < 1.29 is 4.39 Å². The summed E-state index contributed by atoms with van der Waals surface area (Å²) in [5.74, 6) is 0.00208. The lowest BCUT2D eigenvalue weighted by Crippen LogP contribution is -2.19. The van der Waals surface area contributed by atoms with Gasteiger partial charge in [0.15, 0.2) is 0 Å². The quantitative estimate of drug-likeness (QED) is 0.880. The van der Waals surface area contributed by atoms with Crippen LogP contribution < -0.4 is 5.73 Å². The number of hydrogen-bond acceptors (Lipinski definition) is 1. The molecule has 0 aliphatic carbocycles. The van der Waals surface area contributed by atoms with Crippen molar-refractivity contribution in [2.24, 2.45) is 11.7 Å². The molecule has 0 bridgehead atoms. The van der Waals surface area contributed by atoms with Crippen LogP contribution in [0.25, 0.3) is 0 Å². The van der Waals surface area contributed by atoms with Gasteiger partial charge in [-0.05, 0) is 55.5 Å². The van der Waals surface area contributed by atoms with Crippen LogP contribution in [-0.2, 0) is 12.8 Å². The zero-order chi connectivity index (χ0) is 14.5. The first-order valence-electron chi connectivity index (χ1n) is 6.78. The van der Waals surface area contributed by atoms with E-state index in [1.807, 2.05) is 0 Å². The highest BCUT2D eigenvalue weighted by molar-refractivity contribution is 6.31. The zero-order valence-electron chi connectivity index (χ0n) is 11.6. The van der Waals surface area contributed by atoms with Crippen LogP contribution in [0.5, 0.6) is 0 Å². The summed E-state index contributed by atoms with van der Waals surface area (Å²) >= 11 is 6.07. The molecule has 0 aromatic heterocycles. The smallest absolute Gasteiger partial charge is 0.124 e. The van der Waals surface area contributed by atoms with E-state index < -0.39 is 0 Å². The van der Waals surface area contributed by atoms with Crippen LogP contribution in [0.1, 0.15) is 16.7 Å². The van der Waals surface area contributed by atoms with E-state index in [-0.39, 0.29) is 5.82 Å². The molecule has 0 aliphatic rings. The van der Waals surface area contributed by atoms with E-state index in [1.165, 1.54) is 23.3 Å². The Labute approximate surface area is 124 Å². The first-order chi connectivity index (χ1) is 9.58. The molecule has 0 amide bonds. The second-order valence-corrected chi connectivity index (χ2v) is 5.64. The third-order valence-corrected chi connectivity index (χ3v) is 3.85. The van der Waals surface area contributed by atoms with Gasteiger partial charge in [0.2, 0.25) is 0 Å². The van der Waals surface area contributed by atoms with E-state index in [1.54, 1.807) is 6.07 Å². The van der Waals surface area contributed by atoms with Gasteiger partial charge in [-0.2, -0.15) is 0 Å². The average Bonchev–Trinajstić information content (AvgIpc) is 2.43. The standard InChI is InChI=1S/C17H19ClFN/c1-12-2-4-13(5-3-12)8-14(11-20)9-15-6-7-16(19)10-17(15)18/h2-7,10,14H,8-9,11,20H2,1H3. The van der Waals surface area contributed by atoms with E-state index >= 15 is 0 Å². The predicted octanol–water partition coefficient (Wildman–Crippen LogP) is 4.15. The summed E-state index contributed by atoms with van der Waals surface area (Å²) < 4.78 is 13.0. The lowest BCUT2D eigenvalue weighted by Gasteiger charge is -2.16. The minimum atomic E-state index is -0.304. The Morgan fingerprint density at radius 2 is 1.80 bits per heavy atom.